The van der Waals surface area contributed by atoms with Gasteiger partial charge in [-0.3, -0.25) is 0 Å². The summed E-state index contributed by atoms with van der Waals surface area (Å²) in [6.07, 6.45) is 2.19. The van der Waals surface area contributed by atoms with Crippen LogP contribution in [0.5, 0.6) is 5.75 Å². The van der Waals surface area contributed by atoms with Crippen LogP contribution in [0.4, 0.5) is 5.69 Å². The van der Waals surface area contributed by atoms with E-state index in [2.05, 4.69) is 29.1 Å². The van der Waals surface area contributed by atoms with Crippen molar-refractivity contribution in [3.63, 3.8) is 0 Å². The van der Waals surface area contributed by atoms with Gasteiger partial charge < -0.3 is 25.5 Å². The fourth-order valence-electron chi connectivity index (χ4n) is 2.79. The number of nitrogens with zero attached hydrogens (tertiary/aromatic N) is 3. The number of rotatable bonds is 4. The van der Waals surface area contributed by atoms with Crippen molar-refractivity contribution in [2.45, 2.75) is 18.9 Å². The van der Waals surface area contributed by atoms with Gasteiger partial charge in [0.15, 0.2) is 5.84 Å². The fraction of sp³-hybridized carbons (Fsp3) is 0.533. The molecule has 1 aromatic rings. The lowest BCUT2D eigenvalue weighted by Gasteiger charge is -2.37. The summed E-state index contributed by atoms with van der Waals surface area (Å²) >= 11 is 0. The Balaban J connectivity index is 2.26. The number of hydrogen-bond acceptors (Lipinski definition) is 5. The third-order valence-electron chi connectivity index (χ3n) is 4.12. The Morgan fingerprint density at radius 2 is 2.05 bits per heavy atom. The van der Waals surface area contributed by atoms with E-state index in [1.54, 1.807) is 7.11 Å². The van der Waals surface area contributed by atoms with Gasteiger partial charge in [-0.05, 0) is 39.1 Å². The van der Waals surface area contributed by atoms with Gasteiger partial charge in [0.1, 0.15) is 5.75 Å². The topological polar surface area (TPSA) is 74.3 Å². The number of oxime groups is 1. The van der Waals surface area contributed by atoms with Gasteiger partial charge in [0.2, 0.25) is 0 Å². The maximum Gasteiger partial charge on any atom is 0.172 e. The zero-order valence-corrected chi connectivity index (χ0v) is 12.9. The molecule has 0 saturated carbocycles. The first-order valence-corrected chi connectivity index (χ1v) is 7.14. The second-order valence-electron chi connectivity index (χ2n) is 5.55. The molecule has 0 aromatic heterocycles. The van der Waals surface area contributed by atoms with Crippen molar-refractivity contribution in [2.24, 2.45) is 10.9 Å². The Bertz CT molecular complexity index is 508. The van der Waals surface area contributed by atoms with Crippen LogP contribution in [0.2, 0.25) is 0 Å². The quantitative estimate of drug-likeness (QED) is 0.379. The van der Waals surface area contributed by atoms with Gasteiger partial charge in [0.05, 0.1) is 12.8 Å². The maximum absolute atomic E-state index is 8.96. The van der Waals surface area contributed by atoms with Crippen molar-refractivity contribution in [3.05, 3.63) is 23.8 Å². The maximum atomic E-state index is 8.96. The zero-order valence-electron chi connectivity index (χ0n) is 12.9. The Kier molecular flexibility index (Phi) is 4.90. The third kappa shape index (κ3) is 3.39. The van der Waals surface area contributed by atoms with Gasteiger partial charge in [0.25, 0.3) is 0 Å². The summed E-state index contributed by atoms with van der Waals surface area (Å²) in [6.45, 7) is 1.89. The number of piperidine rings is 1. The van der Waals surface area contributed by atoms with Gasteiger partial charge in [-0.25, -0.2) is 0 Å². The van der Waals surface area contributed by atoms with Crippen molar-refractivity contribution < 1.29 is 9.94 Å². The number of nitrogens with two attached hydrogens (primary N) is 1. The summed E-state index contributed by atoms with van der Waals surface area (Å²) in [5.41, 5.74) is 7.49. The lowest BCUT2D eigenvalue weighted by Crippen LogP contribution is -2.42. The minimum atomic E-state index is 0.127. The van der Waals surface area contributed by atoms with Crippen LogP contribution in [-0.4, -0.2) is 56.3 Å². The molecule has 116 valence electrons. The highest BCUT2D eigenvalue weighted by Gasteiger charge is 2.23. The Morgan fingerprint density at radius 3 is 2.57 bits per heavy atom. The van der Waals surface area contributed by atoms with E-state index in [9.17, 15) is 0 Å². The van der Waals surface area contributed by atoms with Gasteiger partial charge in [-0.2, -0.15) is 0 Å². The predicted octanol–water partition coefficient (Wildman–Crippen LogP) is 1.32. The summed E-state index contributed by atoms with van der Waals surface area (Å²) < 4.78 is 5.30. The summed E-state index contributed by atoms with van der Waals surface area (Å²) in [5, 5.41) is 12.1. The lowest BCUT2D eigenvalue weighted by molar-refractivity contribution is 0.249. The van der Waals surface area contributed by atoms with E-state index in [-0.39, 0.29) is 5.84 Å². The first kappa shape index (κ1) is 15.4. The van der Waals surface area contributed by atoms with Crippen LogP contribution in [0.15, 0.2) is 23.4 Å². The standard InChI is InChI=1S/C15H24N4O2/c1-18(2)11-6-8-19(9-7-11)14-10-12(21-3)4-5-13(14)15(16)17-20/h4-5,10-11,20H,6-9H2,1-3H3,(H2,16,17). The Labute approximate surface area is 125 Å². The molecular weight excluding hydrogens is 268 g/mol. The van der Waals surface area contributed by atoms with E-state index < -0.39 is 0 Å². The van der Waals surface area contributed by atoms with Gasteiger partial charge in [0, 0.05) is 30.8 Å². The van der Waals surface area contributed by atoms with Crippen LogP contribution in [0.25, 0.3) is 0 Å². The number of amidine groups is 1. The second-order valence-corrected chi connectivity index (χ2v) is 5.55. The Hall–Kier alpha value is -1.95. The smallest absolute Gasteiger partial charge is 0.172 e. The normalized spacial score (nSPS) is 17.3. The monoisotopic (exact) mass is 292 g/mol. The first-order valence-electron chi connectivity index (χ1n) is 7.14. The van der Waals surface area contributed by atoms with Crippen molar-refractivity contribution in [3.8, 4) is 5.75 Å². The van der Waals surface area contributed by atoms with Gasteiger partial charge in [-0.1, -0.05) is 5.16 Å². The van der Waals surface area contributed by atoms with Crippen molar-refractivity contribution in [1.29, 1.82) is 0 Å². The summed E-state index contributed by atoms with van der Waals surface area (Å²) in [6, 6.07) is 6.22. The van der Waals surface area contributed by atoms with Crippen LogP contribution in [-0.2, 0) is 0 Å². The van der Waals surface area contributed by atoms with Crippen molar-refractivity contribution >= 4 is 11.5 Å². The van der Waals surface area contributed by atoms with Crippen molar-refractivity contribution in [1.82, 2.24) is 4.90 Å². The molecule has 1 saturated heterocycles. The average Bonchev–Trinajstić information content (AvgIpc) is 2.53. The molecule has 0 unspecified atom stereocenters. The molecule has 1 aromatic carbocycles. The number of ether oxygens (including phenoxy) is 1. The summed E-state index contributed by atoms with van der Waals surface area (Å²) in [4.78, 5) is 4.54. The molecule has 0 bridgehead atoms. The van der Waals surface area contributed by atoms with E-state index >= 15 is 0 Å². The predicted molar refractivity (Wildman–Crippen MR) is 84.4 cm³/mol. The minimum Gasteiger partial charge on any atom is -0.497 e. The first-order chi connectivity index (χ1) is 10.1. The fourth-order valence-corrected chi connectivity index (χ4v) is 2.79. The molecule has 0 atom stereocenters. The average molecular weight is 292 g/mol. The SMILES string of the molecule is COc1ccc(/C(N)=N/O)c(N2CCC(N(C)C)CC2)c1. The van der Waals surface area contributed by atoms with E-state index in [0.717, 1.165) is 42.9 Å². The third-order valence-corrected chi connectivity index (χ3v) is 4.12. The van der Waals surface area contributed by atoms with Gasteiger partial charge in [-0.15, -0.1) is 0 Å². The zero-order chi connectivity index (χ0) is 15.4. The molecule has 21 heavy (non-hydrogen) atoms. The van der Waals surface area contributed by atoms with E-state index in [1.165, 1.54) is 0 Å². The summed E-state index contributed by atoms with van der Waals surface area (Å²) in [5.74, 6) is 0.900. The van der Waals surface area contributed by atoms with Crippen LogP contribution < -0.4 is 15.4 Å². The Morgan fingerprint density at radius 1 is 1.38 bits per heavy atom. The molecule has 2 rings (SSSR count). The largest absolute Gasteiger partial charge is 0.497 e. The molecule has 3 N–H and O–H groups in total. The number of anilines is 1. The molecule has 1 fully saturated rings. The minimum absolute atomic E-state index is 0.127. The molecular formula is C15H24N4O2. The van der Waals surface area contributed by atoms with E-state index in [1.807, 2.05) is 18.2 Å². The highest BCUT2D eigenvalue weighted by atomic mass is 16.5. The molecule has 6 nitrogen and oxygen atoms in total. The number of hydrogen-bond donors (Lipinski definition) is 2. The molecule has 0 aliphatic carbocycles. The number of methoxy groups -OCH3 is 1. The van der Waals surface area contributed by atoms with Crippen LogP contribution in [0.1, 0.15) is 18.4 Å². The highest BCUT2D eigenvalue weighted by Crippen LogP contribution is 2.29. The second kappa shape index (κ2) is 6.67. The van der Waals surface area contributed by atoms with Crippen LogP contribution >= 0.6 is 0 Å². The summed E-state index contributed by atoms with van der Waals surface area (Å²) in [7, 11) is 5.88. The molecule has 1 aliphatic heterocycles. The molecule has 0 amide bonds. The molecule has 1 aliphatic rings. The number of benzene rings is 1. The van der Waals surface area contributed by atoms with E-state index in [4.69, 9.17) is 15.7 Å². The molecule has 0 spiro atoms. The highest BCUT2D eigenvalue weighted by molar-refractivity contribution is 6.02. The van der Waals surface area contributed by atoms with Crippen molar-refractivity contribution in [2.75, 3.05) is 39.2 Å². The van der Waals surface area contributed by atoms with Gasteiger partial charge >= 0.3 is 0 Å². The molecule has 1 heterocycles. The molecule has 6 heteroatoms. The molecule has 0 radical (unpaired) electrons. The van der Waals surface area contributed by atoms with Crippen LogP contribution in [0.3, 0.4) is 0 Å². The van der Waals surface area contributed by atoms with Crippen LogP contribution in [0, 0.1) is 0 Å². The lowest BCUT2D eigenvalue weighted by atomic mass is 10.0. The van der Waals surface area contributed by atoms with E-state index in [0.29, 0.717) is 6.04 Å².